The number of halogens is 4. The van der Waals surface area contributed by atoms with E-state index in [0.717, 1.165) is 6.20 Å². The summed E-state index contributed by atoms with van der Waals surface area (Å²) in [7, 11) is 0. The Morgan fingerprint density at radius 1 is 1.38 bits per heavy atom. The number of rotatable bonds is 5. The summed E-state index contributed by atoms with van der Waals surface area (Å²) >= 11 is 0. The maximum absolute atomic E-state index is 12.5. The highest BCUT2D eigenvalue weighted by Gasteiger charge is 2.41. The molecule has 0 saturated heterocycles. The number of aromatic nitrogens is 1. The third kappa shape index (κ3) is 3.34. The maximum atomic E-state index is 12.5. The van der Waals surface area contributed by atoms with Crippen molar-refractivity contribution in [1.82, 2.24) is 4.98 Å². The van der Waals surface area contributed by atoms with Gasteiger partial charge in [-0.3, -0.25) is 4.98 Å². The summed E-state index contributed by atoms with van der Waals surface area (Å²) in [6.07, 6.45) is -2.59. The minimum atomic E-state index is -4.16. The highest BCUT2D eigenvalue weighted by atomic mass is 19.3. The monoisotopic (exact) mass is 238 g/mol. The van der Waals surface area contributed by atoms with Gasteiger partial charge < -0.3 is 10.5 Å². The van der Waals surface area contributed by atoms with Crippen LogP contribution in [-0.2, 0) is 6.54 Å². The van der Waals surface area contributed by atoms with Gasteiger partial charge in [0, 0.05) is 6.54 Å². The first-order valence-electron chi connectivity index (χ1n) is 4.39. The second kappa shape index (κ2) is 5.11. The van der Waals surface area contributed by atoms with E-state index in [1.165, 1.54) is 12.1 Å². The summed E-state index contributed by atoms with van der Waals surface area (Å²) in [5.74, 6) is -4.16. The van der Waals surface area contributed by atoms with Crippen molar-refractivity contribution in [3.05, 3.63) is 24.0 Å². The van der Waals surface area contributed by atoms with E-state index in [0.29, 0.717) is 5.69 Å². The lowest BCUT2D eigenvalue weighted by atomic mass is 10.3. The van der Waals surface area contributed by atoms with E-state index >= 15 is 0 Å². The lowest BCUT2D eigenvalue weighted by Gasteiger charge is -2.15. The topological polar surface area (TPSA) is 48.1 Å². The van der Waals surface area contributed by atoms with E-state index in [9.17, 15) is 17.6 Å². The Balaban J connectivity index is 2.54. The van der Waals surface area contributed by atoms with Crippen LogP contribution in [0.3, 0.4) is 0 Å². The Hall–Kier alpha value is -1.37. The number of alkyl halides is 4. The molecule has 1 rings (SSSR count). The molecule has 0 unspecified atom stereocenters. The van der Waals surface area contributed by atoms with Gasteiger partial charge >= 0.3 is 12.3 Å². The van der Waals surface area contributed by atoms with Gasteiger partial charge in [0.05, 0.1) is 11.9 Å². The Bertz CT molecular complexity index is 329. The first-order valence-corrected chi connectivity index (χ1v) is 4.39. The van der Waals surface area contributed by atoms with Gasteiger partial charge in [0.2, 0.25) is 0 Å². The van der Waals surface area contributed by atoms with Crippen LogP contribution in [0.5, 0.6) is 5.75 Å². The molecule has 0 saturated carbocycles. The van der Waals surface area contributed by atoms with Crippen LogP contribution in [0.2, 0.25) is 0 Å². The van der Waals surface area contributed by atoms with Crippen LogP contribution in [0.15, 0.2) is 18.3 Å². The van der Waals surface area contributed by atoms with Crippen molar-refractivity contribution in [2.24, 2.45) is 5.73 Å². The van der Waals surface area contributed by atoms with E-state index in [-0.39, 0.29) is 12.3 Å². The lowest BCUT2D eigenvalue weighted by molar-refractivity contribution is -0.148. The number of hydrogen-bond donors (Lipinski definition) is 1. The van der Waals surface area contributed by atoms with Crippen LogP contribution >= 0.6 is 0 Å². The second-order valence-electron chi connectivity index (χ2n) is 3.04. The van der Waals surface area contributed by atoms with Crippen LogP contribution in [0.1, 0.15) is 5.69 Å². The molecule has 7 heteroatoms. The van der Waals surface area contributed by atoms with Crippen molar-refractivity contribution < 1.29 is 22.3 Å². The minimum absolute atomic E-state index is 0.00229. The molecule has 90 valence electrons. The Labute approximate surface area is 89.2 Å². The third-order valence-electron chi connectivity index (χ3n) is 1.76. The zero-order chi connectivity index (χ0) is 12.2. The number of pyridine rings is 1. The molecule has 0 spiro atoms. The van der Waals surface area contributed by atoms with E-state index in [4.69, 9.17) is 5.73 Å². The molecule has 2 N–H and O–H groups in total. The average molecular weight is 238 g/mol. The van der Waals surface area contributed by atoms with Crippen molar-refractivity contribution >= 4 is 0 Å². The molecule has 0 aliphatic rings. The van der Waals surface area contributed by atoms with Gasteiger partial charge in [0.25, 0.3) is 0 Å². The predicted octanol–water partition coefficient (Wildman–Crippen LogP) is 1.82. The molecule has 3 nitrogen and oxygen atoms in total. The van der Waals surface area contributed by atoms with Crippen molar-refractivity contribution in [3.8, 4) is 5.75 Å². The third-order valence-corrected chi connectivity index (χ3v) is 1.76. The molecule has 16 heavy (non-hydrogen) atoms. The molecule has 0 fully saturated rings. The van der Waals surface area contributed by atoms with Crippen molar-refractivity contribution in [3.63, 3.8) is 0 Å². The van der Waals surface area contributed by atoms with Crippen molar-refractivity contribution in [2.75, 3.05) is 6.61 Å². The molecule has 1 aromatic rings. The molecule has 0 aliphatic carbocycles. The SMILES string of the molecule is NCc1ccc(OCC(F)(F)C(F)F)cn1. The van der Waals surface area contributed by atoms with Crippen molar-refractivity contribution in [1.29, 1.82) is 0 Å². The number of hydrogen-bond acceptors (Lipinski definition) is 3. The summed E-state index contributed by atoms with van der Waals surface area (Å²) in [4.78, 5) is 3.76. The molecule has 0 bridgehead atoms. The fraction of sp³-hybridized carbons (Fsp3) is 0.444. The highest BCUT2D eigenvalue weighted by molar-refractivity contribution is 5.19. The minimum Gasteiger partial charge on any atom is -0.485 e. The van der Waals surface area contributed by atoms with Gasteiger partial charge in [0.15, 0.2) is 6.61 Å². The average Bonchev–Trinajstić information content (AvgIpc) is 2.27. The van der Waals surface area contributed by atoms with Gasteiger partial charge in [-0.2, -0.15) is 8.78 Å². The summed E-state index contributed by atoms with van der Waals surface area (Å²) < 4.78 is 53.0. The molecule has 0 aromatic carbocycles. The van der Waals surface area contributed by atoms with Gasteiger partial charge in [-0.25, -0.2) is 8.78 Å². The van der Waals surface area contributed by atoms with Crippen LogP contribution < -0.4 is 10.5 Å². The maximum Gasteiger partial charge on any atom is 0.340 e. The Kier molecular flexibility index (Phi) is 4.05. The molecule has 0 amide bonds. The zero-order valence-electron chi connectivity index (χ0n) is 8.17. The van der Waals surface area contributed by atoms with E-state index in [2.05, 4.69) is 9.72 Å². The molecule has 1 aromatic heterocycles. The molecule has 1 heterocycles. The number of nitrogens with zero attached hydrogens (tertiary/aromatic N) is 1. The van der Waals surface area contributed by atoms with Crippen LogP contribution in [0.25, 0.3) is 0 Å². The lowest BCUT2D eigenvalue weighted by Crippen LogP contribution is -2.33. The van der Waals surface area contributed by atoms with E-state index < -0.39 is 19.0 Å². The molecular formula is C9H10F4N2O. The second-order valence-corrected chi connectivity index (χ2v) is 3.04. The van der Waals surface area contributed by atoms with Gasteiger partial charge in [0.1, 0.15) is 5.75 Å². The summed E-state index contributed by atoms with van der Waals surface area (Å²) in [5.41, 5.74) is 5.81. The van der Waals surface area contributed by atoms with Crippen molar-refractivity contribution in [2.45, 2.75) is 18.9 Å². The van der Waals surface area contributed by atoms with Crippen LogP contribution in [0, 0.1) is 0 Å². The molecular weight excluding hydrogens is 228 g/mol. The smallest absolute Gasteiger partial charge is 0.340 e. The quantitative estimate of drug-likeness (QED) is 0.796. The standard InChI is InChI=1S/C9H10F4N2O/c10-8(11)9(12,13)5-16-7-2-1-6(3-14)15-4-7/h1-2,4,8H,3,5,14H2. The Morgan fingerprint density at radius 3 is 2.50 bits per heavy atom. The van der Waals surface area contributed by atoms with Gasteiger partial charge in [-0.1, -0.05) is 0 Å². The summed E-state index contributed by atoms with van der Waals surface area (Å²) in [6, 6.07) is 2.81. The van der Waals surface area contributed by atoms with Crippen LogP contribution in [0.4, 0.5) is 17.6 Å². The fourth-order valence-corrected chi connectivity index (χ4v) is 0.860. The highest BCUT2D eigenvalue weighted by Crippen LogP contribution is 2.23. The summed E-state index contributed by atoms with van der Waals surface area (Å²) in [6.45, 7) is -1.18. The molecule has 0 aliphatic heterocycles. The van der Waals surface area contributed by atoms with Gasteiger partial charge in [-0.05, 0) is 12.1 Å². The summed E-state index contributed by atoms with van der Waals surface area (Å²) in [5, 5.41) is 0. The Morgan fingerprint density at radius 2 is 2.06 bits per heavy atom. The number of ether oxygens (including phenoxy) is 1. The molecule has 0 atom stereocenters. The fourth-order valence-electron chi connectivity index (χ4n) is 0.860. The van der Waals surface area contributed by atoms with Gasteiger partial charge in [-0.15, -0.1) is 0 Å². The normalized spacial score (nSPS) is 11.9. The predicted molar refractivity (Wildman–Crippen MR) is 48.6 cm³/mol. The van der Waals surface area contributed by atoms with E-state index in [1.807, 2.05) is 0 Å². The first-order chi connectivity index (χ1) is 7.45. The largest absolute Gasteiger partial charge is 0.485 e. The zero-order valence-corrected chi connectivity index (χ0v) is 8.17. The number of nitrogens with two attached hydrogens (primary N) is 1. The first kappa shape index (κ1) is 12.7. The van der Waals surface area contributed by atoms with Crippen LogP contribution in [-0.4, -0.2) is 23.9 Å². The van der Waals surface area contributed by atoms with E-state index in [1.54, 1.807) is 0 Å². The molecule has 0 radical (unpaired) electrons.